The van der Waals surface area contributed by atoms with Crippen molar-refractivity contribution in [1.82, 2.24) is 15.0 Å². The van der Waals surface area contributed by atoms with Gasteiger partial charge < -0.3 is 14.9 Å². The van der Waals surface area contributed by atoms with Gasteiger partial charge in [-0.15, -0.1) is 5.10 Å². The number of methoxy groups -OCH3 is 1. The Balaban J connectivity index is 2.24. The molecule has 0 spiro atoms. The molecule has 10 nitrogen and oxygen atoms in total. The third-order valence-corrected chi connectivity index (χ3v) is 5.31. The van der Waals surface area contributed by atoms with Crippen LogP contribution in [-0.4, -0.2) is 53.0 Å². The number of benzene rings is 2. The van der Waals surface area contributed by atoms with Crippen LogP contribution in [0.3, 0.4) is 0 Å². The van der Waals surface area contributed by atoms with E-state index in [0.717, 1.165) is 6.26 Å². The van der Waals surface area contributed by atoms with Crippen molar-refractivity contribution in [2.75, 3.05) is 18.1 Å². The number of hydrogen-bond donors (Lipinski definition) is 3. The van der Waals surface area contributed by atoms with E-state index in [0.29, 0.717) is 28.1 Å². The molecule has 11 heteroatoms. The Morgan fingerprint density at radius 1 is 1.19 bits per heavy atom. The topological polar surface area (TPSA) is 144 Å². The molecule has 1 aromatic heterocycles. The largest absolute Gasteiger partial charge is 0.508 e. The molecule has 0 atom stereocenters. The molecule has 0 aliphatic rings. The summed E-state index contributed by atoms with van der Waals surface area (Å²) < 4.78 is 31.8. The third kappa shape index (κ3) is 4.99. The number of nitrogens with zero attached hydrogens (tertiary/aromatic N) is 3. The van der Waals surface area contributed by atoms with Gasteiger partial charge in [0.15, 0.2) is 0 Å². The van der Waals surface area contributed by atoms with Crippen molar-refractivity contribution in [3.63, 3.8) is 0 Å². The zero-order valence-electron chi connectivity index (χ0n) is 18.0. The molecule has 2 aromatic carbocycles. The molecule has 0 unspecified atom stereocenters. The van der Waals surface area contributed by atoms with Gasteiger partial charge in [0.1, 0.15) is 23.7 Å². The van der Waals surface area contributed by atoms with E-state index in [1.54, 1.807) is 30.3 Å². The van der Waals surface area contributed by atoms with Gasteiger partial charge in [0.05, 0.1) is 19.1 Å². The van der Waals surface area contributed by atoms with Crippen LogP contribution in [0.4, 0.5) is 5.69 Å². The predicted molar refractivity (Wildman–Crippen MR) is 119 cm³/mol. The quantitative estimate of drug-likeness (QED) is 0.457. The second-order valence-electron chi connectivity index (χ2n) is 7.56. The standard InChI is InChI=1S/C21H24N4O6S/c1-12(2)15-9-16(18(27)10-17(15)26)20-21(25(24-22-20)11-19(28)31-3)13-6-5-7-14(8-13)23-32(4,29)30/h5-10,12,23,26-27H,11H2,1-4H3. The number of nitrogens with one attached hydrogen (secondary N) is 1. The fourth-order valence-corrected chi connectivity index (χ4v) is 3.82. The molecule has 0 aliphatic carbocycles. The molecule has 0 amide bonds. The van der Waals surface area contributed by atoms with Crippen molar-refractivity contribution in [2.45, 2.75) is 26.3 Å². The maximum absolute atomic E-state index is 11.9. The van der Waals surface area contributed by atoms with E-state index in [1.165, 1.54) is 17.9 Å². The summed E-state index contributed by atoms with van der Waals surface area (Å²) in [6, 6.07) is 9.33. The molecule has 0 saturated heterocycles. The van der Waals surface area contributed by atoms with E-state index in [9.17, 15) is 23.4 Å². The van der Waals surface area contributed by atoms with Gasteiger partial charge >= 0.3 is 5.97 Å². The molecule has 0 bridgehead atoms. The number of aromatic hydroxyl groups is 2. The van der Waals surface area contributed by atoms with Crippen LogP contribution >= 0.6 is 0 Å². The van der Waals surface area contributed by atoms with Gasteiger partial charge in [-0.2, -0.15) is 0 Å². The third-order valence-electron chi connectivity index (χ3n) is 4.70. The molecule has 170 valence electrons. The first-order valence-electron chi connectivity index (χ1n) is 9.65. The number of sulfonamides is 1. The normalized spacial score (nSPS) is 11.5. The van der Waals surface area contributed by atoms with Crippen LogP contribution in [0.5, 0.6) is 11.5 Å². The van der Waals surface area contributed by atoms with Crippen LogP contribution in [0, 0.1) is 0 Å². The van der Waals surface area contributed by atoms with E-state index < -0.39 is 16.0 Å². The average Bonchev–Trinajstić information content (AvgIpc) is 3.09. The maximum Gasteiger partial charge on any atom is 0.327 e. The number of hydrogen-bond acceptors (Lipinski definition) is 8. The van der Waals surface area contributed by atoms with Gasteiger partial charge in [-0.05, 0) is 29.7 Å². The second-order valence-corrected chi connectivity index (χ2v) is 9.31. The van der Waals surface area contributed by atoms with Crippen LogP contribution < -0.4 is 4.72 Å². The van der Waals surface area contributed by atoms with Crippen molar-refractivity contribution in [3.8, 4) is 34.0 Å². The van der Waals surface area contributed by atoms with E-state index >= 15 is 0 Å². The zero-order valence-corrected chi connectivity index (χ0v) is 18.8. The summed E-state index contributed by atoms with van der Waals surface area (Å²) >= 11 is 0. The summed E-state index contributed by atoms with van der Waals surface area (Å²) in [5.74, 6) is -0.871. The number of aromatic nitrogens is 3. The summed E-state index contributed by atoms with van der Waals surface area (Å²) in [5.41, 5.74) is 2.33. The number of phenols is 2. The van der Waals surface area contributed by atoms with Crippen LogP contribution in [-0.2, 0) is 26.1 Å². The zero-order chi connectivity index (χ0) is 23.6. The number of esters is 1. The second kappa shape index (κ2) is 8.87. The Morgan fingerprint density at radius 3 is 2.53 bits per heavy atom. The minimum absolute atomic E-state index is 0.0368. The highest BCUT2D eigenvalue weighted by atomic mass is 32.2. The fourth-order valence-electron chi connectivity index (χ4n) is 3.27. The van der Waals surface area contributed by atoms with Crippen molar-refractivity contribution in [2.24, 2.45) is 0 Å². The Morgan fingerprint density at radius 2 is 1.91 bits per heavy atom. The summed E-state index contributed by atoms with van der Waals surface area (Å²) in [6.45, 7) is 3.54. The molecule has 0 aliphatic heterocycles. The van der Waals surface area contributed by atoms with Gasteiger partial charge in [0.25, 0.3) is 0 Å². The Kier molecular flexibility index (Phi) is 6.40. The highest BCUT2D eigenvalue weighted by Gasteiger charge is 2.23. The van der Waals surface area contributed by atoms with E-state index in [4.69, 9.17) is 4.74 Å². The Labute approximate surface area is 185 Å². The number of ether oxygens (including phenoxy) is 1. The number of carbonyl (C=O) groups excluding carboxylic acids is 1. The van der Waals surface area contributed by atoms with Gasteiger partial charge in [0, 0.05) is 22.9 Å². The fraction of sp³-hybridized carbons (Fsp3) is 0.286. The molecular weight excluding hydrogens is 436 g/mol. The lowest BCUT2D eigenvalue weighted by Gasteiger charge is -2.14. The number of carbonyl (C=O) groups is 1. The van der Waals surface area contributed by atoms with Crippen molar-refractivity contribution in [1.29, 1.82) is 0 Å². The Bertz CT molecular complexity index is 1270. The molecule has 3 aromatic rings. The molecule has 1 heterocycles. The molecule has 0 fully saturated rings. The molecular formula is C21H24N4O6S. The van der Waals surface area contributed by atoms with E-state index in [-0.39, 0.29) is 29.7 Å². The monoisotopic (exact) mass is 460 g/mol. The number of phenolic OH excluding ortho intramolecular Hbond substituents is 2. The van der Waals surface area contributed by atoms with Crippen molar-refractivity contribution < 1.29 is 28.2 Å². The molecule has 3 rings (SSSR count). The van der Waals surface area contributed by atoms with Crippen LogP contribution in [0.25, 0.3) is 22.5 Å². The first-order valence-corrected chi connectivity index (χ1v) is 11.5. The summed E-state index contributed by atoms with van der Waals surface area (Å²) in [4.78, 5) is 11.9. The minimum atomic E-state index is -3.51. The average molecular weight is 461 g/mol. The van der Waals surface area contributed by atoms with E-state index in [2.05, 4.69) is 15.0 Å². The first-order chi connectivity index (χ1) is 15.0. The van der Waals surface area contributed by atoms with Crippen LogP contribution in [0.2, 0.25) is 0 Å². The highest BCUT2D eigenvalue weighted by molar-refractivity contribution is 7.92. The van der Waals surface area contributed by atoms with Crippen molar-refractivity contribution in [3.05, 3.63) is 42.0 Å². The smallest absolute Gasteiger partial charge is 0.327 e. The van der Waals surface area contributed by atoms with Gasteiger partial charge in [-0.3, -0.25) is 9.52 Å². The van der Waals surface area contributed by atoms with Gasteiger partial charge in [-0.1, -0.05) is 31.2 Å². The summed E-state index contributed by atoms with van der Waals surface area (Å²) in [5, 5.41) is 29.0. The molecule has 32 heavy (non-hydrogen) atoms. The predicted octanol–water partition coefficient (Wildman–Crippen LogP) is 2.69. The van der Waals surface area contributed by atoms with Gasteiger partial charge in [-0.25, -0.2) is 13.1 Å². The highest BCUT2D eigenvalue weighted by Crippen LogP contribution is 2.41. The van der Waals surface area contributed by atoms with Crippen LogP contribution in [0.1, 0.15) is 25.3 Å². The lowest BCUT2D eigenvalue weighted by molar-refractivity contribution is -0.141. The van der Waals surface area contributed by atoms with Crippen LogP contribution in [0.15, 0.2) is 36.4 Å². The molecule has 3 N–H and O–H groups in total. The summed E-state index contributed by atoms with van der Waals surface area (Å²) in [7, 11) is -2.27. The van der Waals surface area contributed by atoms with E-state index in [1.807, 2.05) is 13.8 Å². The minimum Gasteiger partial charge on any atom is -0.508 e. The first kappa shape index (κ1) is 23.1. The lowest BCUT2D eigenvalue weighted by Crippen LogP contribution is -2.14. The van der Waals surface area contributed by atoms with Gasteiger partial charge in [0.2, 0.25) is 10.0 Å². The maximum atomic E-state index is 11.9. The molecule has 0 radical (unpaired) electrons. The Hall–Kier alpha value is -3.60. The summed E-state index contributed by atoms with van der Waals surface area (Å²) in [6.07, 6.45) is 1.04. The molecule has 0 saturated carbocycles. The SMILES string of the molecule is COC(=O)Cn1nnc(-c2cc(C(C)C)c(O)cc2O)c1-c1cccc(NS(C)(=O)=O)c1. The van der Waals surface area contributed by atoms with Crippen molar-refractivity contribution >= 4 is 21.7 Å². The number of anilines is 1. The lowest BCUT2D eigenvalue weighted by atomic mass is 9.96. The number of rotatable bonds is 7.